The molecular formula is C40H52N2O7S. The summed E-state index contributed by atoms with van der Waals surface area (Å²) in [5, 5.41) is 25.3. The first-order valence-corrected chi connectivity index (χ1v) is 19.3. The topological polar surface area (TPSA) is 145 Å². The van der Waals surface area contributed by atoms with Crippen molar-refractivity contribution in [1.29, 1.82) is 0 Å². The highest BCUT2D eigenvalue weighted by atomic mass is 32.3. The Balaban J connectivity index is 0.000000169. The monoisotopic (exact) mass is 704 g/mol. The van der Waals surface area contributed by atoms with Gasteiger partial charge in [0.2, 0.25) is 0 Å². The largest absolute Gasteiger partial charge is 0.508 e. The third kappa shape index (κ3) is 8.96. The molecule has 3 fully saturated rings. The van der Waals surface area contributed by atoms with E-state index in [2.05, 4.69) is 35.6 Å². The Hall–Kier alpha value is -3.70. The lowest BCUT2D eigenvalue weighted by atomic mass is 9.55. The number of aromatic hydroxyl groups is 2. The van der Waals surface area contributed by atoms with Gasteiger partial charge in [-0.25, -0.2) is 0 Å². The molecule has 0 unspecified atom stereocenters. The van der Waals surface area contributed by atoms with E-state index in [-0.39, 0.29) is 22.7 Å². The number of rotatable bonds is 6. The zero-order chi connectivity index (χ0) is 35.9. The summed E-state index contributed by atoms with van der Waals surface area (Å²) in [6, 6.07) is 19.9. The minimum atomic E-state index is -4.49. The Morgan fingerprint density at radius 1 is 0.800 bits per heavy atom. The van der Waals surface area contributed by atoms with Gasteiger partial charge in [-0.05, 0) is 132 Å². The fraction of sp³-hybridized carbons (Fsp3) is 0.475. The summed E-state index contributed by atoms with van der Waals surface area (Å²) in [4.78, 5) is 12.3. The highest BCUT2D eigenvalue weighted by Crippen LogP contribution is 2.59. The molecule has 4 aliphatic rings. The first-order valence-electron chi connectivity index (χ1n) is 18.0. The van der Waals surface area contributed by atoms with Crippen LogP contribution in [0.25, 0.3) is 11.1 Å². The van der Waals surface area contributed by atoms with Crippen LogP contribution in [-0.4, -0.2) is 55.1 Å². The molecule has 3 aromatic carbocycles. The van der Waals surface area contributed by atoms with Gasteiger partial charge in [-0.3, -0.25) is 9.35 Å². The van der Waals surface area contributed by atoms with Gasteiger partial charge in [0.1, 0.15) is 23.0 Å². The lowest BCUT2D eigenvalue weighted by Crippen LogP contribution is -2.42. The number of piperazine rings is 1. The average Bonchev–Trinajstić information content (AvgIpc) is 3.42. The van der Waals surface area contributed by atoms with Crippen LogP contribution in [0.5, 0.6) is 17.2 Å². The van der Waals surface area contributed by atoms with Crippen molar-refractivity contribution in [3.8, 4) is 17.2 Å². The number of carbonyl (C=O) groups is 1. The maximum atomic E-state index is 12.3. The number of fused-ring (bicyclic) bond motifs is 5. The predicted octanol–water partition coefficient (Wildman–Crippen LogP) is 7.30. The molecule has 270 valence electrons. The van der Waals surface area contributed by atoms with E-state index in [4.69, 9.17) is 4.55 Å². The molecule has 5 N–H and O–H groups in total. The van der Waals surface area contributed by atoms with Crippen molar-refractivity contribution in [2.75, 3.05) is 26.2 Å². The summed E-state index contributed by atoms with van der Waals surface area (Å²) in [5.74, 6) is 2.62. The molecule has 3 aromatic rings. The Labute approximate surface area is 297 Å². The molecule has 4 atom stereocenters. The molecule has 1 heterocycles. The standard InChI is InChI=1S/C18H22O5S.C18H20O2.C4H10N2/c1-18-9-8-14-13-5-3-12(23-24(20,21)22)10-11(13)2-4-15(14)16(18)6-7-17(18)19;1-3-17(13-5-9-15(19)10-6-13)18(4-2)14-7-11-16(20)12-8-14;1-2-6-4-3-5-1/h3,5,10,14-16H,2,4,6-9H2,1H3,(H,20,21,22);5-12,19-20H,3-4H2,1-2H3;5-6H,1-4H2/b;18-17+;/t14-,15-,16+,18+;;/m1../s1. The van der Waals surface area contributed by atoms with Crippen molar-refractivity contribution >= 4 is 27.3 Å². The SMILES string of the molecule is C1CNCCN1.CC/C(=C(/CC)c1ccc(O)cc1)c1ccc(O)cc1.C[C@]12CC[C@@H]3c4ccc(OS(=O)(=O)O)cc4CC[C@H]3[C@@H]1CCC2=O. The second kappa shape index (κ2) is 16.5. The second-order valence-corrected chi connectivity index (χ2v) is 15.0. The van der Waals surface area contributed by atoms with Gasteiger partial charge < -0.3 is 25.0 Å². The number of aryl methyl sites for hydroxylation is 1. The molecule has 7 rings (SSSR count). The summed E-state index contributed by atoms with van der Waals surface area (Å²) in [5.41, 5.74) is 7.05. The van der Waals surface area contributed by atoms with Crippen LogP contribution in [0.2, 0.25) is 0 Å². The summed E-state index contributed by atoms with van der Waals surface area (Å²) in [7, 11) is -4.49. The number of Topliss-reactive ketones (excluding diaryl/α,β-unsaturated/α-hetero) is 1. The van der Waals surface area contributed by atoms with Crippen LogP contribution in [0.1, 0.15) is 93.9 Å². The molecule has 1 saturated heterocycles. The van der Waals surface area contributed by atoms with Crippen molar-refractivity contribution in [3.05, 3.63) is 89.0 Å². The van der Waals surface area contributed by atoms with Gasteiger partial charge in [0.15, 0.2) is 0 Å². The first-order chi connectivity index (χ1) is 23.9. The quantitative estimate of drug-likeness (QED) is 0.132. The second-order valence-electron chi connectivity index (χ2n) is 14.0. The number of phenols is 2. The zero-order valence-electron chi connectivity index (χ0n) is 29.5. The highest BCUT2D eigenvalue weighted by Gasteiger charge is 2.54. The Bertz CT molecular complexity index is 1680. The Morgan fingerprint density at radius 2 is 1.34 bits per heavy atom. The maximum Gasteiger partial charge on any atom is 0.446 e. The van der Waals surface area contributed by atoms with E-state index in [0.29, 0.717) is 23.5 Å². The van der Waals surface area contributed by atoms with Crippen molar-refractivity contribution < 1.29 is 32.2 Å². The molecule has 0 bridgehead atoms. The van der Waals surface area contributed by atoms with E-state index in [0.717, 1.165) is 94.2 Å². The first kappa shape index (κ1) is 37.6. The van der Waals surface area contributed by atoms with Crippen LogP contribution in [0, 0.1) is 17.3 Å². The van der Waals surface area contributed by atoms with Crippen LogP contribution in [-0.2, 0) is 21.6 Å². The molecule has 0 amide bonds. The van der Waals surface area contributed by atoms with Crippen LogP contribution >= 0.6 is 0 Å². The van der Waals surface area contributed by atoms with Crippen LogP contribution < -0.4 is 14.8 Å². The molecule has 0 spiro atoms. The normalized spacial score (nSPS) is 24.6. The molecule has 3 aliphatic carbocycles. The number of benzene rings is 3. The molecule has 0 radical (unpaired) electrons. The summed E-state index contributed by atoms with van der Waals surface area (Å²) >= 11 is 0. The van der Waals surface area contributed by atoms with E-state index >= 15 is 0 Å². The third-order valence-electron chi connectivity index (χ3n) is 11.1. The number of nitrogens with one attached hydrogen (secondary N) is 2. The third-order valence-corrected chi connectivity index (χ3v) is 11.5. The molecule has 1 aliphatic heterocycles. The summed E-state index contributed by atoms with van der Waals surface area (Å²) in [6.45, 7) is 11.0. The Kier molecular flexibility index (Phi) is 12.4. The molecular weight excluding hydrogens is 653 g/mol. The van der Waals surface area contributed by atoms with Gasteiger partial charge in [0, 0.05) is 38.0 Å². The zero-order valence-corrected chi connectivity index (χ0v) is 30.3. The fourth-order valence-corrected chi connectivity index (χ4v) is 8.96. The minimum Gasteiger partial charge on any atom is -0.508 e. The summed E-state index contributed by atoms with van der Waals surface area (Å²) < 4.78 is 35.2. The van der Waals surface area contributed by atoms with Crippen molar-refractivity contribution in [1.82, 2.24) is 10.6 Å². The predicted molar refractivity (Wildman–Crippen MR) is 198 cm³/mol. The summed E-state index contributed by atoms with van der Waals surface area (Å²) in [6.07, 6.45) is 7.42. The number of phenolic OH excluding ortho intramolecular Hbond substituents is 2. The number of hydrogen-bond acceptors (Lipinski definition) is 8. The van der Waals surface area contributed by atoms with Crippen LogP contribution in [0.4, 0.5) is 0 Å². The van der Waals surface area contributed by atoms with Crippen molar-refractivity contribution in [3.63, 3.8) is 0 Å². The van der Waals surface area contributed by atoms with E-state index < -0.39 is 10.4 Å². The number of carbonyl (C=O) groups excluding carboxylic acids is 1. The number of hydrogen-bond donors (Lipinski definition) is 5. The Morgan fingerprint density at radius 3 is 1.82 bits per heavy atom. The van der Waals surface area contributed by atoms with Crippen LogP contribution in [0.3, 0.4) is 0 Å². The maximum absolute atomic E-state index is 12.3. The van der Waals surface area contributed by atoms with Crippen molar-refractivity contribution in [2.24, 2.45) is 17.3 Å². The van der Waals surface area contributed by atoms with E-state index in [9.17, 15) is 23.4 Å². The van der Waals surface area contributed by atoms with Gasteiger partial charge >= 0.3 is 10.4 Å². The number of allylic oxidation sites excluding steroid dienone is 2. The van der Waals surface area contributed by atoms with Gasteiger partial charge in [0.25, 0.3) is 0 Å². The smallest absolute Gasteiger partial charge is 0.446 e. The number of ketones is 1. The highest BCUT2D eigenvalue weighted by molar-refractivity contribution is 7.81. The van der Waals surface area contributed by atoms with Gasteiger partial charge in [0.05, 0.1) is 0 Å². The van der Waals surface area contributed by atoms with E-state index in [1.165, 1.54) is 16.7 Å². The molecule has 0 aromatic heterocycles. The molecule has 9 nitrogen and oxygen atoms in total. The lowest BCUT2D eigenvalue weighted by molar-refractivity contribution is -0.129. The van der Waals surface area contributed by atoms with Gasteiger partial charge in [-0.15, -0.1) is 0 Å². The van der Waals surface area contributed by atoms with E-state index in [1.807, 2.05) is 30.3 Å². The molecule has 10 heteroatoms. The van der Waals surface area contributed by atoms with Gasteiger partial charge in [-0.2, -0.15) is 8.42 Å². The minimum absolute atomic E-state index is 0.132. The molecule has 2 saturated carbocycles. The fourth-order valence-electron chi connectivity index (χ4n) is 8.62. The van der Waals surface area contributed by atoms with Crippen molar-refractivity contribution in [2.45, 2.75) is 78.1 Å². The lowest BCUT2D eigenvalue weighted by Gasteiger charge is -2.48. The van der Waals surface area contributed by atoms with E-state index in [1.54, 1.807) is 36.4 Å². The van der Waals surface area contributed by atoms with Gasteiger partial charge in [-0.1, -0.05) is 51.1 Å². The average molecular weight is 705 g/mol. The van der Waals surface area contributed by atoms with Crippen LogP contribution in [0.15, 0.2) is 66.7 Å². The molecule has 50 heavy (non-hydrogen) atoms.